The summed E-state index contributed by atoms with van der Waals surface area (Å²) in [5.74, 6) is -0.0585. The summed E-state index contributed by atoms with van der Waals surface area (Å²) in [5.41, 5.74) is 6.92. The lowest BCUT2D eigenvalue weighted by Gasteiger charge is -2.26. The smallest absolute Gasteiger partial charge is 0.141 e. The lowest BCUT2D eigenvalue weighted by Crippen LogP contribution is -2.35. The van der Waals surface area contributed by atoms with Crippen molar-refractivity contribution >= 4 is 0 Å². The van der Waals surface area contributed by atoms with E-state index < -0.39 is 0 Å². The zero-order valence-corrected chi connectivity index (χ0v) is 12.3. The lowest BCUT2D eigenvalue weighted by molar-refractivity contribution is 0.237. The Morgan fingerprint density at radius 3 is 2.47 bits per heavy atom. The van der Waals surface area contributed by atoms with Gasteiger partial charge >= 0.3 is 0 Å². The van der Waals surface area contributed by atoms with Crippen molar-refractivity contribution in [3.05, 3.63) is 29.8 Å². The average Bonchev–Trinajstić information content (AvgIpc) is 2.36. The van der Waals surface area contributed by atoms with Gasteiger partial charge in [-0.05, 0) is 39.2 Å². The van der Waals surface area contributed by atoms with Gasteiger partial charge in [0.15, 0.2) is 0 Å². The van der Waals surface area contributed by atoms with E-state index in [0.29, 0.717) is 0 Å². The van der Waals surface area contributed by atoms with Crippen molar-refractivity contribution in [3.8, 4) is 0 Å². The van der Waals surface area contributed by atoms with E-state index in [1.165, 1.54) is 12.3 Å². The van der Waals surface area contributed by atoms with Crippen LogP contribution in [-0.2, 0) is 0 Å². The predicted molar refractivity (Wildman–Crippen MR) is 76.3 cm³/mol. The van der Waals surface area contributed by atoms with Gasteiger partial charge in [-0.15, -0.1) is 0 Å². The molecule has 0 fully saturated rings. The Kier molecular flexibility index (Phi) is 6.34. The fraction of sp³-hybridized carbons (Fsp3) is 0.643. The molecule has 1 aromatic rings. The largest absolute Gasteiger partial charge is 0.322 e. The third-order valence-electron chi connectivity index (χ3n) is 3.23. The Bertz CT molecular complexity index is 366. The first-order valence-electron chi connectivity index (χ1n) is 6.60. The monoisotopic (exact) mass is 268 g/mol. The second-order valence-corrected chi connectivity index (χ2v) is 5.47. The van der Waals surface area contributed by atoms with Gasteiger partial charge in [0, 0.05) is 19.6 Å². The van der Waals surface area contributed by atoms with Crippen LogP contribution < -0.4 is 5.73 Å². The summed E-state index contributed by atoms with van der Waals surface area (Å²) >= 11 is 0. The molecule has 5 heteroatoms. The Morgan fingerprint density at radius 2 is 1.95 bits per heavy atom. The van der Waals surface area contributed by atoms with Gasteiger partial charge in [0.05, 0.1) is 17.9 Å². The highest BCUT2D eigenvalue weighted by Crippen LogP contribution is 2.18. The van der Waals surface area contributed by atoms with Gasteiger partial charge in [-0.1, -0.05) is 6.92 Å². The van der Waals surface area contributed by atoms with E-state index >= 15 is 0 Å². The van der Waals surface area contributed by atoms with Gasteiger partial charge in [0.2, 0.25) is 0 Å². The first kappa shape index (κ1) is 16.0. The van der Waals surface area contributed by atoms with Crippen LogP contribution in [-0.4, -0.2) is 55.6 Å². The van der Waals surface area contributed by atoms with Crippen LogP contribution in [0.4, 0.5) is 4.39 Å². The number of hydrogen-bond donors (Lipinski definition) is 1. The zero-order chi connectivity index (χ0) is 14.4. The number of halogens is 1. The summed E-state index contributed by atoms with van der Waals surface area (Å²) in [7, 11) is 6.21. The van der Waals surface area contributed by atoms with Crippen molar-refractivity contribution < 1.29 is 4.39 Å². The topological polar surface area (TPSA) is 45.4 Å². The number of hydrogen-bond acceptors (Lipinski definition) is 4. The van der Waals surface area contributed by atoms with Gasteiger partial charge in [-0.2, -0.15) is 0 Å². The number of nitrogens with zero attached hydrogens (tertiary/aromatic N) is 3. The number of rotatable bonds is 7. The van der Waals surface area contributed by atoms with Crippen LogP contribution in [0.3, 0.4) is 0 Å². The number of nitrogens with two attached hydrogens (primary N) is 1. The molecule has 1 heterocycles. The molecule has 0 radical (unpaired) electrons. The fourth-order valence-electron chi connectivity index (χ4n) is 1.94. The molecule has 1 aromatic heterocycles. The molecule has 0 aromatic carbocycles. The minimum absolute atomic E-state index is 0.164. The van der Waals surface area contributed by atoms with Crippen LogP contribution >= 0.6 is 0 Å². The molecule has 2 atom stereocenters. The number of likely N-dealkylation sites (N-methyl/N-ethyl adjacent to an activating group) is 2. The molecule has 0 saturated heterocycles. The first-order valence-corrected chi connectivity index (χ1v) is 6.60. The highest BCUT2D eigenvalue weighted by Gasteiger charge is 2.17. The van der Waals surface area contributed by atoms with Gasteiger partial charge in [-0.25, -0.2) is 4.39 Å². The molecule has 1 rings (SSSR count). The highest BCUT2D eigenvalue weighted by atomic mass is 19.1. The second kappa shape index (κ2) is 7.53. The van der Waals surface area contributed by atoms with Gasteiger partial charge in [0.1, 0.15) is 5.82 Å². The van der Waals surface area contributed by atoms with E-state index in [1.54, 1.807) is 6.07 Å². The van der Waals surface area contributed by atoms with Crippen LogP contribution in [0.15, 0.2) is 18.3 Å². The summed E-state index contributed by atoms with van der Waals surface area (Å²) < 4.78 is 12.8. The molecule has 2 N–H and O–H groups in total. The molecule has 0 saturated carbocycles. The minimum Gasteiger partial charge on any atom is -0.322 e. The number of aromatic nitrogens is 1. The molecule has 0 aliphatic carbocycles. The van der Waals surface area contributed by atoms with Crippen molar-refractivity contribution in [2.45, 2.75) is 13.0 Å². The Morgan fingerprint density at radius 1 is 1.26 bits per heavy atom. The summed E-state index contributed by atoms with van der Waals surface area (Å²) in [6, 6.07) is 2.91. The van der Waals surface area contributed by atoms with Crippen molar-refractivity contribution in [2.75, 3.05) is 40.8 Å². The lowest BCUT2D eigenvalue weighted by atomic mass is 9.99. The van der Waals surface area contributed by atoms with Crippen molar-refractivity contribution in [1.82, 2.24) is 14.8 Å². The quantitative estimate of drug-likeness (QED) is 0.811. The van der Waals surface area contributed by atoms with Crippen LogP contribution in [0, 0.1) is 11.7 Å². The minimum atomic E-state index is -0.327. The molecule has 2 unspecified atom stereocenters. The molecular weight excluding hydrogens is 243 g/mol. The standard InChI is InChI=1S/C14H25FN4/c1-11(10-19(4)8-7-18(2)3)14(16)13-6-5-12(15)9-17-13/h5-6,9,11,14H,7-8,10,16H2,1-4H3. The van der Waals surface area contributed by atoms with Crippen LogP contribution in [0.1, 0.15) is 18.7 Å². The molecule has 0 bridgehead atoms. The molecule has 0 aliphatic heterocycles. The second-order valence-electron chi connectivity index (χ2n) is 5.47. The van der Waals surface area contributed by atoms with E-state index in [9.17, 15) is 4.39 Å². The van der Waals surface area contributed by atoms with Crippen molar-refractivity contribution in [3.63, 3.8) is 0 Å². The highest BCUT2D eigenvalue weighted by molar-refractivity contribution is 5.10. The molecule has 108 valence electrons. The molecule has 0 spiro atoms. The average molecular weight is 268 g/mol. The predicted octanol–water partition coefficient (Wildman–Crippen LogP) is 1.35. The summed E-state index contributed by atoms with van der Waals surface area (Å²) in [5, 5.41) is 0. The Balaban J connectivity index is 2.48. The van der Waals surface area contributed by atoms with Gasteiger partial charge < -0.3 is 15.5 Å². The van der Waals surface area contributed by atoms with E-state index in [4.69, 9.17) is 5.73 Å². The third kappa shape index (κ3) is 5.63. The first-order chi connectivity index (χ1) is 8.90. The fourth-order valence-corrected chi connectivity index (χ4v) is 1.94. The van der Waals surface area contributed by atoms with E-state index in [0.717, 1.165) is 25.3 Å². The van der Waals surface area contributed by atoms with Crippen LogP contribution in [0.2, 0.25) is 0 Å². The molecule has 0 aliphatic rings. The van der Waals surface area contributed by atoms with E-state index in [-0.39, 0.29) is 17.8 Å². The van der Waals surface area contributed by atoms with Crippen molar-refractivity contribution in [1.29, 1.82) is 0 Å². The maximum absolute atomic E-state index is 12.8. The molecular formula is C14H25FN4. The maximum Gasteiger partial charge on any atom is 0.141 e. The Hall–Kier alpha value is -1.04. The van der Waals surface area contributed by atoms with Crippen molar-refractivity contribution in [2.24, 2.45) is 11.7 Å². The van der Waals surface area contributed by atoms with E-state index in [2.05, 4.69) is 42.9 Å². The van der Waals surface area contributed by atoms with Gasteiger partial charge in [0.25, 0.3) is 0 Å². The van der Waals surface area contributed by atoms with Crippen LogP contribution in [0.25, 0.3) is 0 Å². The normalized spacial score (nSPS) is 14.9. The third-order valence-corrected chi connectivity index (χ3v) is 3.23. The Labute approximate surface area is 115 Å². The van der Waals surface area contributed by atoms with Crippen LogP contribution in [0.5, 0.6) is 0 Å². The number of pyridine rings is 1. The van der Waals surface area contributed by atoms with Gasteiger partial charge in [-0.3, -0.25) is 4.98 Å². The maximum atomic E-state index is 12.8. The van der Waals surface area contributed by atoms with E-state index in [1.807, 2.05) is 0 Å². The molecule has 19 heavy (non-hydrogen) atoms. The summed E-state index contributed by atoms with van der Waals surface area (Å²) in [6.07, 6.45) is 1.22. The zero-order valence-electron chi connectivity index (χ0n) is 12.3. The molecule has 4 nitrogen and oxygen atoms in total. The molecule has 0 amide bonds. The summed E-state index contributed by atoms with van der Waals surface area (Å²) in [6.45, 7) is 5.02. The SMILES string of the molecule is CC(CN(C)CCN(C)C)C(N)c1ccc(F)cn1. The summed E-state index contributed by atoms with van der Waals surface area (Å²) in [4.78, 5) is 8.47.